The highest BCUT2D eigenvalue weighted by Crippen LogP contribution is 2.50. The van der Waals surface area contributed by atoms with E-state index >= 15 is 0 Å². The lowest BCUT2D eigenvalue weighted by Crippen LogP contribution is -2.68. The number of likely N-dealkylation sites (tertiary alicyclic amines) is 1. The summed E-state index contributed by atoms with van der Waals surface area (Å²) in [6.45, 7) is 0.313. The first-order valence-corrected chi connectivity index (χ1v) is 13.0. The summed E-state index contributed by atoms with van der Waals surface area (Å²) in [4.78, 5) is 14.5. The molecule has 0 unspecified atom stereocenters. The number of halogens is 1. The molecule has 35 heavy (non-hydrogen) atoms. The molecule has 1 aromatic heterocycles. The fourth-order valence-electron chi connectivity index (χ4n) is 5.52. The third-order valence-corrected chi connectivity index (χ3v) is 8.29. The number of nitrogens with one attached hydrogen (secondary N) is 1. The van der Waals surface area contributed by atoms with Gasteiger partial charge in [0.05, 0.1) is 31.5 Å². The first-order chi connectivity index (χ1) is 16.6. The number of methoxy groups -OCH3 is 1. The number of hydrogen-bond acceptors (Lipinski definition) is 5. The van der Waals surface area contributed by atoms with Gasteiger partial charge in [0.2, 0.25) is 10.0 Å². The van der Waals surface area contributed by atoms with Crippen molar-refractivity contribution in [2.24, 2.45) is 7.05 Å². The maximum atomic E-state index is 13.5. The molecule has 0 bridgehead atoms. The minimum absolute atomic E-state index is 0.138. The number of fused-ring (bicyclic) bond motifs is 4. The maximum absolute atomic E-state index is 13.5. The second-order valence-corrected chi connectivity index (χ2v) is 11.2. The highest BCUT2D eigenvalue weighted by molar-refractivity contribution is 7.88. The number of amides is 2. The summed E-state index contributed by atoms with van der Waals surface area (Å²) >= 11 is 0. The van der Waals surface area contributed by atoms with E-state index in [0.29, 0.717) is 17.1 Å². The van der Waals surface area contributed by atoms with Crippen molar-refractivity contribution in [2.75, 3.05) is 44.9 Å². The summed E-state index contributed by atoms with van der Waals surface area (Å²) in [6, 6.07) is 10.2. The van der Waals surface area contributed by atoms with Crippen LogP contribution < -0.4 is 10.1 Å². The van der Waals surface area contributed by atoms with Crippen LogP contribution in [0.1, 0.15) is 17.3 Å². The monoisotopic (exact) mass is 502 g/mol. The lowest BCUT2D eigenvalue weighted by atomic mass is 9.69. The highest BCUT2D eigenvalue weighted by Gasteiger charge is 2.56. The van der Waals surface area contributed by atoms with Crippen molar-refractivity contribution in [1.82, 2.24) is 13.8 Å². The molecular weight excluding hydrogens is 475 g/mol. The number of carbonyl (C=O) groups is 1. The van der Waals surface area contributed by atoms with E-state index in [1.807, 2.05) is 29.8 Å². The van der Waals surface area contributed by atoms with Gasteiger partial charge < -0.3 is 24.6 Å². The molecule has 1 atom stereocenters. The molecule has 2 N–H and O–H groups in total. The van der Waals surface area contributed by atoms with Crippen LogP contribution in [0.25, 0.3) is 10.9 Å². The van der Waals surface area contributed by atoms with Gasteiger partial charge in [-0.15, -0.1) is 0 Å². The van der Waals surface area contributed by atoms with Gasteiger partial charge in [-0.25, -0.2) is 17.6 Å². The van der Waals surface area contributed by atoms with Crippen LogP contribution in [0.15, 0.2) is 42.5 Å². The Morgan fingerprint density at radius 2 is 1.97 bits per heavy atom. The third kappa shape index (κ3) is 3.74. The number of aliphatic hydroxyl groups excluding tert-OH is 1. The smallest absolute Gasteiger partial charge is 0.321 e. The van der Waals surface area contributed by atoms with Crippen molar-refractivity contribution in [2.45, 2.75) is 11.5 Å². The van der Waals surface area contributed by atoms with E-state index in [0.717, 1.165) is 22.7 Å². The first-order valence-electron chi connectivity index (χ1n) is 11.1. The van der Waals surface area contributed by atoms with Crippen LogP contribution in [0.3, 0.4) is 0 Å². The zero-order chi connectivity index (χ0) is 25.1. The molecule has 0 aliphatic carbocycles. The topological polar surface area (TPSA) is 104 Å². The molecule has 2 aromatic carbocycles. The number of anilines is 1. The highest BCUT2D eigenvalue weighted by atomic mass is 32.2. The van der Waals surface area contributed by atoms with Gasteiger partial charge in [-0.1, -0.05) is 6.07 Å². The van der Waals surface area contributed by atoms with Gasteiger partial charge >= 0.3 is 6.03 Å². The first kappa shape index (κ1) is 23.6. The predicted octanol–water partition coefficient (Wildman–Crippen LogP) is 2.42. The van der Waals surface area contributed by atoms with Crippen LogP contribution in [0.2, 0.25) is 0 Å². The standard InChI is InChI=1S/C24H27FN4O5S/c1-27-19-10-17(34-2)7-8-18(19)21-22(27)20(11-30)29(35(3,32)33)14-24(21)12-28(13-24)23(31)26-16-6-4-5-15(25)9-16/h4-10,20,30H,11-14H2,1-3H3,(H,26,31)/t20-/m1/s1. The van der Waals surface area contributed by atoms with Crippen molar-refractivity contribution in [1.29, 1.82) is 0 Å². The van der Waals surface area contributed by atoms with Gasteiger partial charge in [-0.05, 0) is 35.9 Å². The van der Waals surface area contributed by atoms with Gasteiger partial charge in [0, 0.05) is 54.9 Å². The van der Waals surface area contributed by atoms with Gasteiger partial charge in [-0.3, -0.25) is 0 Å². The number of rotatable bonds is 4. The molecule has 5 rings (SSSR count). The van der Waals surface area contributed by atoms with Gasteiger partial charge in [-0.2, -0.15) is 4.31 Å². The third-order valence-electron chi connectivity index (χ3n) is 7.05. The molecular formula is C24H27FN4O5S. The number of urea groups is 1. The molecule has 1 saturated heterocycles. The number of carbonyl (C=O) groups excluding carboxylic acids is 1. The summed E-state index contributed by atoms with van der Waals surface area (Å²) in [7, 11) is -0.240. The number of aromatic nitrogens is 1. The van der Waals surface area contributed by atoms with Crippen molar-refractivity contribution >= 4 is 32.6 Å². The van der Waals surface area contributed by atoms with Crippen LogP contribution in [-0.4, -0.2) is 72.9 Å². The van der Waals surface area contributed by atoms with Gasteiger partial charge in [0.25, 0.3) is 0 Å². The molecule has 11 heteroatoms. The molecule has 2 aliphatic heterocycles. The number of benzene rings is 2. The lowest BCUT2D eigenvalue weighted by molar-refractivity contribution is 0.0523. The van der Waals surface area contributed by atoms with E-state index in [9.17, 15) is 22.7 Å². The van der Waals surface area contributed by atoms with Gasteiger partial charge in [0.15, 0.2) is 0 Å². The molecule has 2 aliphatic rings. The average molecular weight is 503 g/mol. The average Bonchev–Trinajstić information content (AvgIpc) is 3.08. The van der Waals surface area contributed by atoms with Crippen LogP contribution in [0, 0.1) is 5.82 Å². The molecule has 1 fully saturated rings. The van der Waals surface area contributed by atoms with Crippen molar-refractivity contribution in [3.63, 3.8) is 0 Å². The van der Waals surface area contributed by atoms with E-state index in [4.69, 9.17) is 4.74 Å². The van der Waals surface area contributed by atoms with Crippen LogP contribution in [-0.2, 0) is 22.5 Å². The Balaban J connectivity index is 1.57. The second kappa shape index (κ2) is 8.21. The number of sulfonamides is 1. The zero-order valence-corrected chi connectivity index (χ0v) is 20.5. The SMILES string of the molecule is COc1ccc2c3c(n(C)c2c1)[C@@H](CO)N(S(C)(=O)=O)CC31CN(C(=O)Nc2cccc(F)c2)C1. The van der Waals surface area contributed by atoms with E-state index in [2.05, 4.69) is 5.32 Å². The number of nitrogens with zero attached hydrogens (tertiary/aromatic N) is 3. The minimum Gasteiger partial charge on any atom is -0.497 e. The number of hydrogen-bond donors (Lipinski definition) is 2. The second-order valence-electron chi connectivity index (χ2n) is 9.29. The summed E-state index contributed by atoms with van der Waals surface area (Å²) < 4.78 is 47.7. The Morgan fingerprint density at radius 1 is 1.23 bits per heavy atom. The Hall–Kier alpha value is -3.15. The molecule has 0 saturated carbocycles. The van der Waals surface area contributed by atoms with E-state index < -0.39 is 27.3 Å². The fourth-order valence-corrected chi connectivity index (χ4v) is 6.63. The quantitative estimate of drug-likeness (QED) is 0.570. The molecule has 1 spiro atoms. The molecule has 9 nitrogen and oxygen atoms in total. The summed E-state index contributed by atoms with van der Waals surface area (Å²) in [5.74, 6) is 0.208. The van der Waals surface area contributed by atoms with E-state index in [-0.39, 0.29) is 32.3 Å². The number of aryl methyl sites for hydroxylation is 1. The Kier molecular flexibility index (Phi) is 5.53. The number of aliphatic hydroxyl groups is 1. The molecule has 3 aromatic rings. The largest absolute Gasteiger partial charge is 0.497 e. The molecule has 0 radical (unpaired) electrons. The lowest BCUT2D eigenvalue weighted by Gasteiger charge is -2.55. The predicted molar refractivity (Wildman–Crippen MR) is 130 cm³/mol. The molecule has 186 valence electrons. The summed E-state index contributed by atoms with van der Waals surface area (Å²) in [5.41, 5.74) is 2.18. The normalized spacial score (nSPS) is 19.5. The zero-order valence-electron chi connectivity index (χ0n) is 19.7. The fraction of sp³-hybridized carbons (Fsp3) is 0.375. The van der Waals surface area contributed by atoms with E-state index in [1.54, 1.807) is 18.1 Å². The molecule has 2 amide bonds. The molecule has 3 heterocycles. The van der Waals surface area contributed by atoms with Crippen molar-refractivity contribution < 1.29 is 27.4 Å². The Morgan fingerprint density at radius 3 is 2.60 bits per heavy atom. The summed E-state index contributed by atoms with van der Waals surface area (Å²) in [5, 5.41) is 13.9. The maximum Gasteiger partial charge on any atom is 0.321 e. The van der Waals surface area contributed by atoms with Crippen molar-refractivity contribution in [3.05, 3.63) is 59.5 Å². The van der Waals surface area contributed by atoms with Gasteiger partial charge in [0.1, 0.15) is 11.6 Å². The van der Waals surface area contributed by atoms with Crippen LogP contribution in [0.4, 0.5) is 14.9 Å². The Labute approximate surface area is 202 Å². The number of ether oxygens (including phenoxy) is 1. The van der Waals surface area contributed by atoms with E-state index in [1.165, 1.54) is 22.5 Å². The Bertz CT molecular complexity index is 1430. The van der Waals surface area contributed by atoms with Crippen LogP contribution >= 0.6 is 0 Å². The van der Waals surface area contributed by atoms with Crippen molar-refractivity contribution in [3.8, 4) is 5.75 Å². The van der Waals surface area contributed by atoms with Crippen LogP contribution in [0.5, 0.6) is 5.75 Å². The minimum atomic E-state index is -3.66. The summed E-state index contributed by atoms with van der Waals surface area (Å²) in [6.07, 6.45) is 1.13.